The molecule has 2 rings (SSSR count). The zero-order valence-electron chi connectivity index (χ0n) is 10.3. The molecule has 0 aromatic carbocycles. The number of nitrogens with zero attached hydrogens (tertiary/aromatic N) is 1. The fraction of sp³-hybridized carbons (Fsp3) is 0.636. The number of H-pyrrole nitrogens is 1. The normalized spacial score (nSPS) is 23.3. The first-order valence-electron chi connectivity index (χ1n) is 5.84. The van der Waals surface area contributed by atoms with Gasteiger partial charge in [-0.3, -0.25) is 4.79 Å². The minimum atomic E-state index is -0.349. The monoisotopic (exact) mass is 273 g/mol. The Bertz CT molecular complexity index is 477. The maximum absolute atomic E-state index is 11.5. The van der Waals surface area contributed by atoms with Crippen molar-refractivity contribution in [2.75, 3.05) is 25.1 Å². The number of aromatic amines is 1. The molecule has 1 aromatic rings. The molecule has 0 radical (unpaired) electrons. The molecule has 0 unspecified atom stereocenters. The molecular weight excluding hydrogens is 258 g/mol. The van der Waals surface area contributed by atoms with Gasteiger partial charge in [0, 0.05) is 6.61 Å². The van der Waals surface area contributed by atoms with E-state index in [1.807, 2.05) is 6.92 Å². The molecule has 1 aliphatic heterocycles. The van der Waals surface area contributed by atoms with Crippen LogP contribution in [0.5, 0.6) is 0 Å². The number of ether oxygens (including phenoxy) is 2. The summed E-state index contributed by atoms with van der Waals surface area (Å²) >= 11 is 5.92. The van der Waals surface area contributed by atoms with Crippen LogP contribution < -0.4 is 10.9 Å². The van der Waals surface area contributed by atoms with Gasteiger partial charge < -0.3 is 19.8 Å². The van der Waals surface area contributed by atoms with Gasteiger partial charge in [0.15, 0.2) is 5.82 Å². The molecule has 7 heteroatoms. The lowest BCUT2D eigenvalue weighted by Gasteiger charge is -2.19. The predicted molar refractivity (Wildman–Crippen MR) is 68.2 cm³/mol. The van der Waals surface area contributed by atoms with Gasteiger partial charge in [-0.15, -0.1) is 0 Å². The highest BCUT2D eigenvalue weighted by Crippen LogP contribution is 2.19. The van der Waals surface area contributed by atoms with E-state index in [2.05, 4.69) is 15.3 Å². The van der Waals surface area contributed by atoms with Gasteiger partial charge in [-0.1, -0.05) is 11.6 Å². The number of aromatic nitrogens is 2. The first-order valence-corrected chi connectivity index (χ1v) is 6.22. The van der Waals surface area contributed by atoms with E-state index in [1.165, 1.54) is 0 Å². The van der Waals surface area contributed by atoms with Crippen molar-refractivity contribution >= 4 is 17.4 Å². The molecule has 100 valence electrons. The Labute approximate surface area is 110 Å². The molecule has 2 N–H and O–H groups in total. The summed E-state index contributed by atoms with van der Waals surface area (Å²) in [4.78, 5) is 18.2. The molecule has 1 fully saturated rings. The van der Waals surface area contributed by atoms with Crippen LogP contribution in [0.15, 0.2) is 4.79 Å². The molecule has 1 aromatic heterocycles. The van der Waals surface area contributed by atoms with Crippen LogP contribution in [0, 0.1) is 6.92 Å². The van der Waals surface area contributed by atoms with E-state index in [9.17, 15) is 4.79 Å². The highest BCUT2D eigenvalue weighted by molar-refractivity contribution is 6.32. The van der Waals surface area contributed by atoms with Crippen LogP contribution in [0.4, 0.5) is 5.82 Å². The molecule has 18 heavy (non-hydrogen) atoms. The minimum absolute atomic E-state index is 0.0452. The predicted octanol–water partition coefficient (Wildman–Crippen LogP) is 0.948. The van der Waals surface area contributed by atoms with Gasteiger partial charge in [0.1, 0.15) is 17.0 Å². The maximum atomic E-state index is 11.5. The van der Waals surface area contributed by atoms with Crippen molar-refractivity contribution in [2.24, 2.45) is 0 Å². The number of rotatable bonds is 4. The Morgan fingerprint density at radius 3 is 3.11 bits per heavy atom. The standard InChI is InChI=1S/C11H16ClN3O3/c1-3-18-8-5-17-4-7(8)15-10-9(12)11(16)14-6(2)13-10/h7-8H,3-5H2,1-2H3,(H2,13,14,15,16)/t7-,8-/m0/s1. The summed E-state index contributed by atoms with van der Waals surface area (Å²) in [5.41, 5.74) is -0.349. The van der Waals surface area contributed by atoms with Crippen molar-refractivity contribution in [3.05, 3.63) is 21.2 Å². The van der Waals surface area contributed by atoms with Gasteiger partial charge in [-0.05, 0) is 13.8 Å². The van der Waals surface area contributed by atoms with Crippen molar-refractivity contribution in [1.82, 2.24) is 9.97 Å². The third-order valence-corrected chi connectivity index (χ3v) is 3.06. The summed E-state index contributed by atoms with van der Waals surface area (Å²) < 4.78 is 10.9. The van der Waals surface area contributed by atoms with Gasteiger partial charge in [0.2, 0.25) is 0 Å². The largest absolute Gasteiger partial charge is 0.376 e. The minimum Gasteiger partial charge on any atom is -0.376 e. The second kappa shape index (κ2) is 5.69. The van der Waals surface area contributed by atoms with Crippen LogP contribution in [0.3, 0.4) is 0 Å². The topological polar surface area (TPSA) is 76.2 Å². The van der Waals surface area contributed by atoms with Gasteiger partial charge in [0.05, 0.1) is 19.3 Å². The van der Waals surface area contributed by atoms with Crippen LogP contribution in [0.2, 0.25) is 5.02 Å². The van der Waals surface area contributed by atoms with E-state index < -0.39 is 0 Å². The van der Waals surface area contributed by atoms with Crippen molar-refractivity contribution in [1.29, 1.82) is 0 Å². The van der Waals surface area contributed by atoms with Crippen LogP contribution in [-0.4, -0.2) is 41.9 Å². The van der Waals surface area contributed by atoms with Gasteiger partial charge in [0.25, 0.3) is 5.56 Å². The lowest BCUT2D eigenvalue weighted by molar-refractivity contribution is 0.0478. The van der Waals surface area contributed by atoms with E-state index >= 15 is 0 Å². The van der Waals surface area contributed by atoms with E-state index in [0.29, 0.717) is 31.5 Å². The van der Waals surface area contributed by atoms with E-state index in [4.69, 9.17) is 21.1 Å². The molecule has 1 aliphatic rings. The van der Waals surface area contributed by atoms with Crippen LogP contribution in [0.25, 0.3) is 0 Å². The third kappa shape index (κ3) is 2.82. The summed E-state index contributed by atoms with van der Waals surface area (Å²) in [5, 5.41) is 3.17. The smallest absolute Gasteiger partial charge is 0.271 e. The molecule has 1 saturated heterocycles. The number of aryl methyl sites for hydroxylation is 1. The molecule has 0 saturated carbocycles. The van der Waals surface area contributed by atoms with Gasteiger partial charge >= 0.3 is 0 Å². The molecule has 0 spiro atoms. The lowest BCUT2D eigenvalue weighted by atomic mass is 10.2. The summed E-state index contributed by atoms with van der Waals surface area (Å²) in [6.07, 6.45) is -0.0486. The van der Waals surface area contributed by atoms with Crippen molar-refractivity contribution in [2.45, 2.75) is 26.0 Å². The molecule has 2 atom stereocenters. The second-order valence-corrected chi connectivity index (χ2v) is 4.47. The summed E-state index contributed by atoms with van der Waals surface area (Å²) in [6.45, 7) is 5.29. The van der Waals surface area contributed by atoms with Crippen LogP contribution >= 0.6 is 11.6 Å². The Morgan fingerprint density at radius 2 is 2.39 bits per heavy atom. The molecule has 0 aliphatic carbocycles. The second-order valence-electron chi connectivity index (χ2n) is 4.10. The average Bonchev–Trinajstić information content (AvgIpc) is 2.73. The highest BCUT2D eigenvalue weighted by Gasteiger charge is 2.29. The summed E-state index contributed by atoms with van der Waals surface area (Å²) in [6, 6.07) is -0.0452. The Balaban J connectivity index is 2.16. The third-order valence-electron chi connectivity index (χ3n) is 2.71. The van der Waals surface area contributed by atoms with Gasteiger partial charge in [-0.2, -0.15) is 0 Å². The quantitative estimate of drug-likeness (QED) is 0.854. The zero-order valence-corrected chi connectivity index (χ0v) is 11.1. The number of halogens is 1. The number of nitrogens with one attached hydrogen (secondary N) is 2. The van der Waals surface area contributed by atoms with Crippen LogP contribution in [0.1, 0.15) is 12.7 Å². The molecule has 0 amide bonds. The zero-order chi connectivity index (χ0) is 13.1. The fourth-order valence-electron chi connectivity index (χ4n) is 1.89. The highest BCUT2D eigenvalue weighted by atomic mass is 35.5. The van der Waals surface area contributed by atoms with Crippen LogP contribution in [-0.2, 0) is 9.47 Å². The number of hydrogen-bond donors (Lipinski definition) is 2. The summed E-state index contributed by atoms with van der Waals surface area (Å²) in [7, 11) is 0. The van der Waals surface area contributed by atoms with E-state index in [-0.39, 0.29) is 22.7 Å². The first kappa shape index (κ1) is 13.3. The SMILES string of the molecule is CCO[C@H]1COC[C@@H]1Nc1nc(C)[nH]c(=O)c1Cl. The van der Waals surface area contributed by atoms with Gasteiger partial charge in [-0.25, -0.2) is 4.98 Å². The Morgan fingerprint density at radius 1 is 1.61 bits per heavy atom. The van der Waals surface area contributed by atoms with E-state index in [1.54, 1.807) is 6.92 Å². The number of hydrogen-bond acceptors (Lipinski definition) is 5. The molecule has 2 heterocycles. The van der Waals surface area contributed by atoms with E-state index in [0.717, 1.165) is 0 Å². The van der Waals surface area contributed by atoms with Crippen molar-refractivity contribution in [3.63, 3.8) is 0 Å². The Kier molecular flexibility index (Phi) is 4.21. The fourth-order valence-corrected chi connectivity index (χ4v) is 2.03. The number of anilines is 1. The summed E-state index contributed by atoms with van der Waals surface area (Å²) in [5.74, 6) is 0.886. The lowest BCUT2D eigenvalue weighted by Crippen LogP contribution is -2.35. The average molecular weight is 274 g/mol. The molecule has 6 nitrogen and oxygen atoms in total. The van der Waals surface area contributed by atoms with Crippen molar-refractivity contribution < 1.29 is 9.47 Å². The first-order chi connectivity index (χ1) is 8.61. The molecular formula is C11H16ClN3O3. The van der Waals surface area contributed by atoms with Crippen molar-refractivity contribution in [3.8, 4) is 0 Å². The maximum Gasteiger partial charge on any atom is 0.271 e. The Hall–Kier alpha value is -1.11. The molecule has 0 bridgehead atoms.